The lowest BCUT2D eigenvalue weighted by atomic mass is 10.3. The second kappa shape index (κ2) is 4.61. The van der Waals surface area contributed by atoms with Crippen molar-refractivity contribution in [3.63, 3.8) is 0 Å². The van der Waals surface area contributed by atoms with Gasteiger partial charge >= 0.3 is 0 Å². The first-order chi connectivity index (χ1) is 9.20. The number of hydrogen-bond acceptors (Lipinski definition) is 3. The quantitative estimate of drug-likeness (QED) is 0.734. The number of imidazole rings is 1. The zero-order chi connectivity index (χ0) is 13.2. The van der Waals surface area contributed by atoms with Crippen molar-refractivity contribution in [1.82, 2.24) is 9.38 Å². The van der Waals surface area contributed by atoms with Crippen LogP contribution in [0.15, 0.2) is 48.8 Å². The van der Waals surface area contributed by atoms with E-state index in [1.54, 1.807) is 28.8 Å². The van der Waals surface area contributed by atoms with E-state index in [2.05, 4.69) is 4.98 Å². The van der Waals surface area contributed by atoms with E-state index in [4.69, 9.17) is 10.5 Å². The van der Waals surface area contributed by atoms with E-state index in [-0.39, 0.29) is 5.82 Å². The molecule has 0 atom stereocenters. The van der Waals surface area contributed by atoms with Crippen molar-refractivity contribution in [1.29, 1.82) is 0 Å². The predicted molar refractivity (Wildman–Crippen MR) is 70.3 cm³/mol. The van der Waals surface area contributed by atoms with E-state index in [1.165, 1.54) is 12.3 Å². The molecule has 0 aliphatic heterocycles. The maximum atomic E-state index is 13.0. The Hall–Kier alpha value is -2.56. The van der Waals surface area contributed by atoms with Gasteiger partial charge in [0.05, 0.1) is 5.69 Å². The topological polar surface area (TPSA) is 52.5 Å². The SMILES string of the molecule is Nc1cccc(OCc2cn3cc(F)ccc3n2)c1. The standard InChI is InChI=1S/C14H12FN3O/c15-10-4-5-14-17-12(8-18(14)7-10)9-19-13-3-1-2-11(16)6-13/h1-8H,9,16H2. The molecule has 96 valence electrons. The zero-order valence-corrected chi connectivity index (χ0v) is 10.1. The lowest BCUT2D eigenvalue weighted by molar-refractivity contribution is 0.302. The number of benzene rings is 1. The number of aromatic nitrogens is 2. The molecule has 3 rings (SSSR count). The highest BCUT2D eigenvalue weighted by Crippen LogP contribution is 2.16. The first kappa shape index (κ1) is 11.5. The molecule has 2 aromatic heterocycles. The summed E-state index contributed by atoms with van der Waals surface area (Å²) in [6.07, 6.45) is 3.12. The van der Waals surface area contributed by atoms with Crippen molar-refractivity contribution in [3.05, 3.63) is 60.3 Å². The number of hydrogen-bond donors (Lipinski definition) is 1. The Morgan fingerprint density at radius 1 is 1.21 bits per heavy atom. The van der Waals surface area contributed by atoms with Crippen molar-refractivity contribution in [2.45, 2.75) is 6.61 Å². The van der Waals surface area contributed by atoms with Gasteiger partial charge in [0, 0.05) is 24.1 Å². The van der Waals surface area contributed by atoms with Gasteiger partial charge in [0.25, 0.3) is 0 Å². The number of rotatable bonds is 3. The number of ether oxygens (including phenoxy) is 1. The second-order valence-electron chi connectivity index (χ2n) is 4.21. The molecule has 0 amide bonds. The summed E-state index contributed by atoms with van der Waals surface area (Å²) < 4.78 is 20.3. The van der Waals surface area contributed by atoms with Crippen molar-refractivity contribution in [2.24, 2.45) is 0 Å². The third kappa shape index (κ3) is 2.49. The van der Waals surface area contributed by atoms with Gasteiger partial charge in [-0.25, -0.2) is 9.37 Å². The Balaban J connectivity index is 1.78. The number of nitrogens with zero attached hydrogens (tertiary/aromatic N) is 2. The molecule has 0 aliphatic carbocycles. The van der Waals surface area contributed by atoms with Crippen molar-refractivity contribution >= 4 is 11.3 Å². The molecule has 19 heavy (non-hydrogen) atoms. The second-order valence-corrected chi connectivity index (χ2v) is 4.21. The monoisotopic (exact) mass is 257 g/mol. The summed E-state index contributed by atoms with van der Waals surface area (Å²) in [7, 11) is 0. The van der Waals surface area contributed by atoms with E-state index in [9.17, 15) is 4.39 Å². The molecule has 0 unspecified atom stereocenters. The van der Waals surface area contributed by atoms with Crippen LogP contribution in [0.4, 0.5) is 10.1 Å². The molecule has 5 heteroatoms. The number of nitrogens with two attached hydrogens (primary N) is 1. The molecular weight excluding hydrogens is 245 g/mol. The van der Waals surface area contributed by atoms with Gasteiger partial charge in [-0.15, -0.1) is 0 Å². The molecule has 0 saturated carbocycles. The van der Waals surface area contributed by atoms with Crippen molar-refractivity contribution in [2.75, 3.05) is 5.73 Å². The summed E-state index contributed by atoms with van der Waals surface area (Å²) in [6, 6.07) is 10.2. The van der Waals surface area contributed by atoms with Crippen LogP contribution in [0.2, 0.25) is 0 Å². The Morgan fingerprint density at radius 2 is 2.11 bits per heavy atom. The minimum atomic E-state index is -0.298. The fourth-order valence-electron chi connectivity index (χ4n) is 1.85. The first-order valence-electron chi connectivity index (χ1n) is 5.82. The number of anilines is 1. The highest BCUT2D eigenvalue weighted by atomic mass is 19.1. The van der Waals surface area contributed by atoms with Crippen molar-refractivity contribution in [3.8, 4) is 5.75 Å². The summed E-state index contributed by atoms with van der Waals surface area (Å²) in [6.45, 7) is 0.312. The first-order valence-corrected chi connectivity index (χ1v) is 5.82. The fourth-order valence-corrected chi connectivity index (χ4v) is 1.85. The summed E-state index contributed by atoms with van der Waals surface area (Å²) in [4.78, 5) is 4.33. The van der Waals surface area contributed by atoms with Crippen LogP contribution in [0.1, 0.15) is 5.69 Å². The van der Waals surface area contributed by atoms with E-state index < -0.39 is 0 Å². The van der Waals surface area contributed by atoms with Crippen LogP contribution >= 0.6 is 0 Å². The van der Waals surface area contributed by atoms with Gasteiger partial charge in [0.1, 0.15) is 23.8 Å². The van der Waals surface area contributed by atoms with Crippen LogP contribution in [0.3, 0.4) is 0 Å². The third-order valence-electron chi connectivity index (χ3n) is 2.71. The smallest absolute Gasteiger partial charge is 0.139 e. The van der Waals surface area contributed by atoms with E-state index >= 15 is 0 Å². The molecule has 2 N–H and O–H groups in total. The fraction of sp³-hybridized carbons (Fsp3) is 0.0714. The highest BCUT2D eigenvalue weighted by Gasteiger charge is 2.03. The molecule has 0 aliphatic rings. The van der Waals surface area contributed by atoms with E-state index in [0.717, 1.165) is 5.69 Å². The van der Waals surface area contributed by atoms with Gasteiger partial charge in [0.2, 0.25) is 0 Å². The lowest BCUT2D eigenvalue weighted by Gasteiger charge is -2.04. The van der Waals surface area contributed by atoms with Gasteiger partial charge in [-0.3, -0.25) is 0 Å². The Morgan fingerprint density at radius 3 is 2.95 bits per heavy atom. The Labute approximate surface area is 109 Å². The lowest BCUT2D eigenvalue weighted by Crippen LogP contribution is -1.96. The van der Waals surface area contributed by atoms with Crippen LogP contribution in [-0.4, -0.2) is 9.38 Å². The van der Waals surface area contributed by atoms with Crippen LogP contribution in [-0.2, 0) is 6.61 Å². The molecule has 3 aromatic rings. The van der Waals surface area contributed by atoms with Crippen molar-refractivity contribution < 1.29 is 9.13 Å². The Bertz CT molecular complexity index is 724. The van der Waals surface area contributed by atoms with Gasteiger partial charge in [-0.05, 0) is 24.3 Å². The minimum Gasteiger partial charge on any atom is -0.487 e. The molecule has 2 heterocycles. The van der Waals surface area contributed by atoms with Gasteiger partial charge in [-0.2, -0.15) is 0 Å². The maximum Gasteiger partial charge on any atom is 0.139 e. The summed E-state index contributed by atoms with van der Waals surface area (Å²) >= 11 is 0. The molecule has 0 fully saturated rings. The average molecular weight is 257 g/mol. The van der Waals surface area contributed by atoms with Crippen LogP contribution < -0.4 is 10.5 Å². The molecule has 0 radical (unpaired) electrons. The van der Waals surface area contributed by atoms with Gasteiger partial charge in [-0.1, -0.05) is 6.07 Å². The molecule has 1 aromatic carbocycles. The molecule has 0 spiro atoms. The number of fused-ring (bicyclic) bond motifs is 1. The minimum absolute atomic E-state index is 0.298. The van der Waals surface area contributed by atoms with Crippen LogP contribution in [0, 0.1) is 5.82 Å². The van der Waals surface area contributed by atoms with Gasteiger partial charge < -0.3 is 14.9 Å². The molecule has 0 bridgehead atoms. The highest BCUT2D eigenvalue weighted by molar-refractivity contribution is 5.44. The molecular formula is C14H12FN3O. The number of nitrogen functional groups attached to an aromatic ring is 1. The van der Waals surface area contributed by atoms with E-state index in [1.807, 2.05) is 12.1 Å². The summed E-state index contributed by atoms with van der Waals surface area (Å²) in [5, 5.41) is 0. The zero-order valence-electron chi connectivity index (χ0n) is 10.1. The van der Waals surface area contributed by atoms with Gasteiger partial charge in [0.15, 0.2) is 0 Å². The third-order valence-corrected chi connectivity index (χ3v) is 2.71. The summed E-state index contributed by atoms with van der Waals surface area (Å²) in [5.74, 6) is 0.386. The van der Waals surface area contributed by atoms with Crippen LogP contribution in [0.5, 0.6) is 5.75 Å². The Kier molecular flexibility index (Phi) is 2.79. The molecule has 0 saturated heterocycles. The molecule has 4 nitrogen and oxygen atoms in total. The van der Waals surface area contributed by atoms with E-state index in [0.29, 0.717) is 23.7 Å². The van der Waals surface area contributed by atoms with Crippen LogP contribution in [0.25, 0.3) is 5.65 Å². The number of pyridine rings is 1. The predicted octanol–water partition coefficient (Wildman–Crippen LogP) is 2.63. The average Bonchev–Trinajstić information content (AvgIpc) is 2.78. The largest absolute Gasteiger partial charge is 0.487 e. The summed E-state index contributed by atoms with van der Waals surface area (Å²) in [5.41, 5.74) is 7.73. The maximum absolute atomic E-state index is 13.0. The normalized spacial score (nSPS) is 10.8. The number of halogens is 1.